The summed E-state index contributed by atoms with van der Waals surface area (Å²) in [7, 11) is 0. The molecule has 0 aliphatic heterocycles. The van der Waals surface area contributed by atoms with Crippen molar-refractivity contribution in [2.75, 3.05) is 6.61 Å². The molecule has 2 heteroatoms. The van der Waals surface area contributed by atoms with Crippen molar-refractivity contribution in [1.29, 1.82) is 0 Å². The van der Waals surface area contributed by atoms with Crippen LogP contribution in [0.3, 0.4) is 0 Å². The molecule has 0 saturated carbocycles. The van der Waals surface area contributed by atoms with Crippen LogP contribution in [0.1, 0.15) is 12.6 Å². The molecule has 14 heavy (non-hydrogen) atoms. The van der Waals surface area contributed by atoms with Crippen molar-refractivity contribution >= 4 is 10.8 Å². The lowest BCUT2D eigenvalue weighted by atomic mass is 10.1. The molecular formula is C12H13NO. The molecule has 0 radical (unpaired) electrons. The summed E-state index contributed by atoms with van der Waals surface area (Å²) >= 11 is 0. The zero-order valence-electron chi connectivity index (χ0n) is 8.45. The highest BCUT2D eigenvalue weighted by atomic mass is 16.5. The van der Waals surface area contributed by atoms with E-state index in [4.69, 9.17) is 4.74 Å². The molecular weight excluding hydrogens is 174 g/mol. The number of ether oxygens (including phenoxy) is 1. The van der Waals surface area contributed by atoms with Crippen molar-refractivity contribution in [3.63, 3.8) is 0 Å². The van der Waals surface area contributed by atoms with Gasteiger partial charge < -0.3 is 4.74 Å². The number of hydrogen-bond acceptors (Lipinski definition) is 2. The van der Waals surface area contributed by atoms with Gasteiger partial charge in [-0.25, -0.2) is 4.98 Å². The van der Waals surface area contributed by atoms with Crippen molar-refractivity contribution in [3.8, 4) is 5.88 Å². The molecule has 2 rings (SSSR count). The van der Waals surface area contributed by atoms with Crippen molar-refractivity contribution in [3.05, 3.63) is 36.0 Å². The second-order valence-electron chi connectivity index (χ2n) is 3.20. The molecule has 1 heterocycles. The van der Waals surface area contributed by atoms with Crippen molar-refractivity contribution in [1.82, 2.24) is 4.98 Å². The molecule has 2 nitrogen and oxygen atoms in total. The van der Waals surface area contributed by atoms with Gasteiger partial charge in [-0.2, -0.15) is 0 Å². The number of rotatable bonds is 2. The Labute approximate surface area is 83.5 Å². The lowest BCUT2D eigenvalue weighted by Crippen LogP contribution is -1.95. The van der Waals surface area contributed by atoms with E-state index in [-0.39, 0.29) is 0 Å². The average Bonchev–Trinajstić information content (AvgIpc) is 2.18. The van der Waals surface area contributed by atoms with Crippen LogP contribution in [0.25, 0.3) is 10.8 Å². The quantitative estimate of drug-likeness (QED) is 0.721. The number of nitrogens with zero attached hydrogens (tertiary/aromatic N) is 1. The highest BCUT2D eigenvalue weighted by Gasteiger charge is 2.01. The summed E-state index contributed by atoms with van der Waals surface area (Å²) in [5.41, 5.74) is 1.02. The van der Waals surface area contributed by atoms with Gasteiger partial charge in [0.2, 0.25) is 5.88 Å². The predicted octanol–water partition coefficient (Wildman–Crippen LogP) is 2.94. The van der Waals surface area contributed by atoms with Crippen LogP contribution in [0.2, 0.25) is 0 Å². The van der Waals surface area contributed by atoms with Gasteiger partial charge in [0, 0.05) is 17.1 Å². The van der Waals surface area contributed by atoms with Crippen LogP contribution < -0.4 is 4.74 Å². The molecule has 1 aromatic heterocycles. The number of benzene rings is 1. The van der Waals surface area contributed by atoms with E-state index in [0.29, 0.717) is 12.5 Å². The van der Waals surface area contributed by atoms with E-state index in [9.17, 15) is 0 Å². The number of aromatic nitrogens is 1. The third-order valence-corrected chi connectivity index (χ3v) is 2.20. The fraction of sp³-hybridized carbons (Fsp3) is 0.250. The van der Waals surface area contributed by atoms with Crippen molar-refractivity contribution < 1.29 is 4.74 Å². The summed E-state index contributed by atoms with van der Waals surface area (Å²) in [5, 5.41) is 2.37. The SMILES string of the molecule is CCOc1cc2ccccc2c(C)n1. The molecule has 0 saturated heterocycles. The second kappa shape index (κ2) is 3.66. The Kier molecular flexibility index (Phi) is 2.35. The summed E-state index contributed by atoms with van der Waals surface area (Å²) < 4.78 is 5.38. The number of hydrogen-bond donors (Lipinski definition) is 0. The van der Waals surface area contributed by atoms with E-state index in [1.807, 2.05) is 32.0 Å². The maximum absolute atomic E-state index is 5.38. The van der Waals surface area contributed by atoms with Crippen LogP contribution in [0.15, 0.2) is 30.3 Å². The highest BCUT2D eigenvalue weighted by molar-refractivity contribution is 5.85. The first-order valence-electron chi connectivity index (χ1n) is 4.80. The van der Waals surface area contributed by atoms with Gasteiger partial charge in [-0.05, 0) is 19.2 Å². The minimum atomic E-state index is 0.658. The molecule has 2 aromatic rings. The van der Waals surface area contributed by atoms with Gasteiger partial charge in [0.25, 0.3) is 0 Å². The third-order valence-electron chi connectivity index (χ3n) is 2.20. The monoisotopic (exact) mass is 187 g/mol. The van der Waals surface area contributed by atoms with Crippen LogP contribution in [0, 0.1) is 6.92 Å². The number of pyridine rings is 1. The molecule has 0 aliphatic carbocycles. The Morgan fingerprint density at radius 3 is 2.86 bits per heavy atom. The Balaban J connectivity index is 2.60. The topological polar surface area (TPSA) is 22.1 Å². The Morgan fingerprint density at radius 1 is 1.29 bits per heavy atom. The van der Waals surface area contributed by atoms with Gasteiger partial charge in [0.1, 0.15) is 0 Å². The summed E-state index contributed by atoms with van der Waals surface area (Å²) in [5.74, 6) is 0.712. The standard InChI is InChI=1S/C12H13NO/c1-3-14-12-8-10-6-4-5-7-11(10)9(2)13-12/h4-8H,3H2,1-2H3. The van der Waals surface area contributed by atoms with Crippen LogP contribution >= 0.6 is 0 Å². The zero-order chi connectivity index (χ0) is 9.97. The van der Waals surface area contributed by atoms with E-state index in [0.717, 1.165) is 5.69 Å². The van der Waals surface area contributed by atoms with E-state index in [2.05, 4.69) is 17.1 Å². The van der Waals surface area contributed by atoms with Crippen LogP contribution in [-0.4, -0.2) is 11.6 Å². The first kappa shape index (κ1) is 9.00. The molecule has 0 aliphatic rings. The Morgan fingerprint density at radius 2 is 2.07 bits per heavy atom. The molecule has 0 amide bonds. The first-order chi connectivity index (χ1) is 6.81. The maximum Gasteiger partial charge on any atom is 0.214 e. The molecule has 0 fully saturated rings. The van der Waals surface area contributed by atoms with E-state index < -0.39 is 0 Å². The molecule has 72 valence electrons. The molecule has 0 N–H and O–H groups in total. The van der Waals surface area contributed by atoms with Crippen LogP contribution in [0.4, 0.5) is 0 Å². The van der Waals surface area contributed by atoms with E-state index in [1.165, 1.54) is 10.8 Å². The van der Waals surface area contributed by atoms with Crippen LogP contribution in [0.5, 0.6) is 5.88 Å². The minimum Gasteiger partial charge on any atom is -0.478 e. The van der Waals surface area contributed by atoms with Crippen LogP contribution in [-0.2, 0) is 0 Å². The molecule has 0 unspecified atom stereocenters. The molecule has 1 aromatic carbocycles. The average molecular weight is 187 g/mol. The Hall–Kier alpha value is -1.57. The van der Waals surface area contributed by atoms with Gasteiger partial charge in [0.15, 0.2) is 0 Å². The Bertz CT molecular complexity index is 451. The van der Waals surface area contributed by atoms with Gasteiger partial charge in [-0.3, -0.25) is 0 Å². The van der Waals surface area contributed by atoms with Gasteiger partial charge >= 0.3 is 0 Å². The fourth-order valence-electron chi connectivity index (χ4n) is 1.57. The van der Waals surface area contributed by atoms with Gasteiger partial charge in [0.05, 0.1) is 6.61 Å². The van der Waals surface area contributed by atoms with E-state index in [1.54, 1.807) is 0 Å². The predicted molar refractivity (Wildman–Crippen MR) is 57.6 cm³/mol. The lowest BCUT2D eigenvalue weighted by molar-refractivity contribution is 0.327. The normalized spacial score (nSPS) is 10.4. The van der Waals surface area contributed by atoms with Gasteiger partial charge in [-0.15, -0.1) is 0 Å². The van der Waals surface area contributed by atoms with E-state index >= 15 is 0 Å². The van der Waals surface area contributed by atoms with Gasteiger partial charge in [-0.1, -0.05) is 24.3 Å². The summed E-state index contributed by atoms with van der Waals surface area (Å²) in [4.78, 5) is 4.37. The maximum atomic E-state index is 5.38. The zero-order valence-corrected chi connectivity index (χ0v) is 8.45. The summed E-state index contributed by atoms with van der Waals surface area (Å²) in [6.45, 7) is 4.63. The molecule has 0 atom stereocenters. The smallest absolute Gasteiger partial charge is 0.214 e. The second-order valence-corrected chi connectivity index (χ2v) is 3.20. The molecule has 0 spiro atoms. The third kappa shape index (κ3) is 1.55. The van der Waals surface area contributed by atoms with Crippen molar-refractivity contribution in [2.24, 2.45) is 0 Å². The molecule has 0 bridgehead atoms. The fourth-order valence-corrected chi connectivity index (χ4v) is 1.57. The largest absolute Gasteiger partial charge is 0.478 e. The number of aryl methyl sites for hydroxylation is 1. The first-order valence-corrected chi connectivity index (χ1v) is 4.80. The van der Waals surface area contributed by atoms with Crippen molar-refractivity contribution in [2.45, 2.75) is 13.8 Å². The summed E-state index contributed by atoms with van der Waals surface area (Å²) in [6.07, 6.45) is 0. The number of fused-ring (bicyclic) bond motifs is 1. The minimum absolute atomic E-state index is 0.658. The summed E-state index contributed by atoms with van der Waals surface area (Å²) in [6, 6.07) is 10.2. The highest BCUT2D eigenvalue weighted by Crippen LogP contribution is 2.21. The lowest BCUT2D eigenvalue weighted by Gasteiger charge is -2.06.